The first-order valence-corrected chi connectivity index (χ1v) is 13.4. The van der Waals surface area contributed by atoms with Crippen LogP contribution in [0.15, 0.2) is 0 Å². The molecule has 1 rings (SSSR count). The monoisotopic (exact) mass is 521 g/mol. The highest BCUT2D eigenvalue weighted by Crippen LogP contribution is 2.33. The first-order chi connectivity index (χ1) is 16.1. The van der Waals surface area contributed by atoms with Crippen LogP contribution in [0.4, 0.5) is 0 Å². The number of hydrogen-bond donors (Lipinski definition) is 4. The van der Waals surface area contributed by atoms with E-state index in [1.165, 1.54) is 13.8 Å². The molecule has 0 aliphatic carbocycles. The molecule has 0 aromatic heterocycles. The number of hydrogen-bond acceptors (Lipinski definition) is 9. The van der Waals surface area contributed by atoms with Crippen LogP contribution in [-0.2, 0) is 33.4 Å². The van der Waals surface area contributed by atoms with Crippen LogP contribution < -0.4 is 15.4 Å². The minimum Gasteiger partial charge on any atom is -0.459 e. The number of unbranched alkanes of at least 4 members (excludes halogenated alkanes) is 1. The van der Waals surface area contributed by atoms with Gasteiger partial charge in [0, 0.05) is 45.3 Å². The standard InChI is InChI=1S/C22H39N3O7S2/c1-13-14(2)22(30-10-7-6-8-19(28)25-33)32-18(20(13)31-16(4)27)12-23-21(29)17(9-11-34-5)24-15(3)26/h13-14,17-18,20,22,33H,6-12H2,1-5H3,(H,23,29)(H,24,26)(H,25,28)/t13-,14?,17?,18?,20-,22?/m1/s1. The second-order valence-electron chi connectivity index (χ2n) is 8.48. The van der Waals surface area contributed by atoms with Gasteiger partial charge in [-0.2, -0.15) is 11.8 Å². The van der Waals surface area contributed by atoms with Crippen molar-refractivity contribution in [2.24, 2.45) is 11.8 Å². The van der Waals surface area contributed by atoms with Crippen LogP contribution in [0, 0.1) is 11.8 Å². The van der Waals surface area contributed by atoms with E-state index < -0.39 is 30.5 Å². The van der Waals surface area contributed by atoms with E-state index in [0.717, 1.165) is 0 Å². The summed E-state index contributed by atoms with van der Waals surface area (Å²) < 4.78 is 19.9. The summed E-state index contributed by atoms with van der Waals surface area (Å²) in [6, 6.07) is -0.654. The summed E-state index contributed by atoms with van der Waals surface area (Å²) in [6.07, 6.45) is 2.39. The summed E-state index contributed by atoms with van der Waals surface area (Å²) in [5.74, 6) is -0.602. The Balaban J connectivity index is 2.77. The van der Waals surface area contributed by atoms with E-state index in [1.54, 1.807) is 11.8 Å². The number of esters is 1. The first-order valence-electron chi connectivity index (χ1n) is 11.5. The maximum Gasteiger partial charge on any atom is 0.303 e. The summed E-state index contributed by atoms with van der Waals surface area (Å²) in [4.78, 5) is 47.2. The quantitative estimate of drug-likeness (QED) is 0.153. The van der Waals surface area contributed by atoms with Gasteiger partial charge >= 0.3 is 5.97 Å². The van der Waals surface area contributed by atoms with Crippen molar-refractivity contribution >= 4 is 48.3 Å². The SMILES string of the molecule is CSCCC(NC(C)=O)C(=O)NCC1OC(OCCCCC(=O)NS)C(C)[C@@H](C)[C@H]1OC(C)=O. The Morgan fingerprint density at radius 1 is 1.12 bits per heavy atom. The fourth-order valence-corrected chi connectivity index (χ4v) is 4.29. The van der Waals surface area contributed by atoms with E-state index in [2.05, 4.69) is 28.2 Å². The Kier molecular flexibility index (Phi) is 14.6. The van der Waals surface area contributed by atoms with E-state index in [9.17, 15) is 19.2 Å². The second kappa shape index (κ2) is 16.2. The number of rotatable bonds is 14. The van der Waals surface area contributed by atoms with Crippen molar-refractivity contribution < 1.29 is 33.4 Å². The molecule has 1 fully saturated rings. The average Bonchev–Trinajstić information content (AvgIpc) is 2.78. The Morgan fingerprint density at radius 2 is 1.82 bits per heavy atom. The van der Waals surface area contributed by atoms with Gasteiger partial charge in [-0.25, -0.2) is 0 Å². The van der Waals surface area contributed by atoms with Crippen LogP contribution in [0.5, 0.6) is 0 Å². The molecule has 3 N–H and O–H groups in total. The normalized spacial score (nSPS) is 25.2. The lowest BCUT2D eigenvalue weighted by Crippen LogP contribution is -2.56. The maximum atomic E-state index is 12.7. The zero-order valence-electron chi connectivity index (χ0n) is 20.6. The van der Waals surface area contributed by atoms with Crippen LogP contribution >= 0.6 is 24.6 Å². The lowest BCUT2D eigenvalue weighted by molar-refractivity contribution is -0.265. The van der Waals surface area contributed by atoms with Gasteiger partial charge in [-0.3, -0.25) is 19.2 Å². The van der Waals surface area contributed by atoms with Crippen LogP contribution in [0.1, 0.15) is 53.4 Å². The molecule has 0 aromatic rings. The fourth-order valence-electron chi connectivity index (χ4n) is 3.71. The number of thioether (sulfide) groups is 1. The highest BCUT2D eigenvalue weighted by atomic mass is 32.2. The lowest BCUT2D eigenvalue weighted by Gasteiger charge is -2.44. The van der Waals surface area contributed by atoms with Crippen LogP contribution in [-0.4, -0.2) is 73.4 Å². The van der Waals surface area contributed by atoms with Crippen LogP contribution in [0.25, 0.3) is 0 Å². The van der Waals surface area contributed by atoms with Crippen molar-refractivity contribution in [1.29, 1.82) is 0 Å². The van der Waals surface area contributed by atoms with E-state index in [4.69, 9.17) is 14.2 Å². The first kappa shape index (κ1) is 30.5. The topological polar surface area (TPSA) is 132 Å². The molecule has 0 aromatic carbocycles. The predicted molar refractivity (Wildman–Crippen MR) is 133 cm³/mol. The number of thiol groups is 1. The Hall–Kier alpha value is -1.50. The molecule has 1 aliphatic rings. The van der Waals surface area contributed by atoms with Crippen molar-refractivity contribution in [2.45, 2.75) is 77.9 Å². The van der Waals surface area contributed by atoms with Crippen molar-refractivity contribution in [2.75, 3.05) is 25.2 Å². The van der Waals surface area contributed by atoms with Gasteiger partial charge in [0.15, 0.2) is 6.29 Å². The third-order valence-corrected chi connectivity index (χ3v) is 6.63. The van der Waals surface area contributed by atoms with Crippen LogP contribution in [0.2, 0.25) is 0 Å². The average molecular weight is 522 g/mol. The van der Waals surface area contributed by atoms with E-state index >= 15 is 0 Å². The van der Waals surface area contributed by atoms with E-state index in [1.807, 2.05) is 20.1 Å². The Bertz CT molecular complexity index is 683. The van der Waals surface area contributed by atoms with E-state index in [-0.39, 0.29) is 36.1 Å². The summed E-state index contributed by atoms with van der Waals surface area (Å²) >= 11 is 5.31. The third-order valence-electron chi connectivity index (χ3n) is 5.74. The van der Waals surface area contributed by atoms with Gasteiger partial charge in [0.1, 0.15) is 18.2 Å². The van der Waals surface area contributed by atoms with Crippen molar-refractivity contribution in [3.05, 3.63) is 0 Å². The molecule has 12 heteroatoms. The zero-order chi connectivity index (χ0) is 25.7. The highest BCUT2D eigenvalue weighted by Gasteiger charge is 2.44. The van der Waals surface area contributed by atoms with Gasteiger partial charge in [-0.05, 0) is 31.3 Å². The minimum atomic E-state index is -0.654. The number of nitrogens with one attached hydrogen (secondary N) is 3. The molecule has 1 aliphatic heterocycles. The Labute approximate surface area is 211 Å². The van der Waals surface area contributed by atoms with Crippen molar-refractivity contribution in [1.82, 2.24) is 15.4 Å². The predicted octanol–water partition coefficient (Wildman–Crippen LogP) is 1.44. The molecule has 3 amide bonds. The molecule has 0 radical (unpaired) electrons. The van der Waals surface area contributed by atoms with Crippen molar-refractivity contribution in [3.8, 4) is 0 Å². The summed E-state index contributed by atoms with van der Waals surface area (Å²) in [5, 5.41) is 5.51. The number of amides is 3. The smallest absolute Gasteiger partial charge is 0.303 e. The van der Waals surface area contributed by atoms with Gasteiger partial charge in [0.05, 0.1) is 0 Å². The number of carbonyl (C=O) groups excluding carboxylic acids is 4. The largest absolute Gasteiger partial charge is 0.459 e. The summed E-state index contributed by atoms with van der Waals surface area (Å²) in [7, 11) is 0. The molecule has 34 heavy (non-hydrogen) atoms. The molecule has 6 atom stereocenters. The molecule has 10 nitrogen and oxygen atoms in total. The molecular formula is C22H39N3O7S2. The van der Waals surface area contributed by atoms with Crippen molar-refractivity contribution in [3.63, 3.8) is 0 Å². The lowest BCUT2D eigenvalue weighted by atomic mass is 9.84. The molecule has 1 heterocycles. The third kappa shape index (κ3) is 10.8. The molecule has 4 unspecified atom stereocenters. The second-order valence-corrected chi connectivity index (χ2v) is 9.69. The fraction of sp³-hybridized carbons (Fsp3) is 0.818. The molecule has 0 saturated carbocycles. The Morgan fingerprint density at radius 3 is 2.41 bits per heavy atom. The molecule has 0 bridgehead atoms. The molecular weight excluding hydrogens is 482 g/mol. The zero-order valence-corrected chi connectivity index (χ0v) is 22.3. The van der Waals surface area contributed by atoms with Gasteiger partial charge in [0.25, 0.3) is 0 Å². The molecule has 0 spiro atoms. The van der Waals surface area contributed by atoms with Gasteiger partial charge in [-0.1, -0.05) is 26.7 Å². The molecule has 196 valence electrons. The molecule has 1 saturated heterocycles. The van der Waals surface area contributed by atoms with E-state index in [0.29, 0.717) is 38.0 Å². The minimum absolute atomic E-state index is 0.0641. The highest BCUT2D eigenvalue weighted by molar-refractivity contribution is 7.98. The van der Waals surface area contributed by atoms with Gasteiger partial charge in [-0.15, -0.1) is 0 Å². The maximum absolute atomic E-state index is 12.7. The van der Waals surface area contributed by atoms with Gasteiger partial charge in [0.2, 0.25) is 17.7 Å². The van der Waals surface area contributed by atoms with Crippen LogP contribution in [0.3, 0.4) is 0 Å². The summed E-state index contributed by atoms with van der Waals surface area (Å²) in [6.45, 7) is 7.14. The van der Waals surface area contributed by atoms with Gasteiger partial charge < -0.3 is 29.6 Å². The summed E-state index contributed by atoms with van der Waals surface area (Å²) in [5.41, 5.74) is 0. The number of carbonyl (C=O) groups is 4. The number of ether oxygens (including phenoxy) is 3.